The van der Waals surface area contributed by atoms with Crippen LogP contribution in [0.15, 0.2) is 36.4 Å². The van der Waals surface area contributed by atoms with Gasteiger partial charge < -0.3 is 9.47 Å². The molecule has 122 valence electrons. The van der Waals surface area contributed by atoms with Gasteiger partial charge in [0.1, 0.15) is 5.15 Å². The summed E-state index contributed by atoms with van der Waals surface area (Å²) in [5.41, 5.74) is 1.78. The standard InChI is InChI=1S/C18H13Cl2NO3/c1-23-15-7-12-13(8-16(15)24-2)17(21-18(20)14(12)9-22)10-3-5-11(19)6-4-10/h3-9H,1-2H3. The first kappa shape index (κ1) is 16.6. The summed E-state index contributed by atoms with van der Waals surface area (Å²) in [6.45, 7) is 0. The summed E-state index contributed by atoms with van der Waals surface area (Å²) >= 11 is 12.2. The summed E-state index contributed by atoms with van der Waals surface area (Å²) in [6, 6.07) is 10.7. The van der Waals surface area contributed by atoms with Crippen LogP contribution in [0.2, 0.25) is 10.2 Å². The minimum atomic E-state index is 0.134. The molecule has 0 fully saturated rings. The number of ether oxygens (including phenoxy) is 2. The lowest BCUT2D eigenvalue weighted by atomic mass is 10.0. The van der Waals surface area contributed by atoms with Gasteiger partial charge in [-0.05, 0) is 24.3 Å². The molecule has 0 aliphatic carbocycles. The van der Waals surface area contributed by atoms with Crippen LogP contribution in [-0.2, 0) is 0 Å². The van der Waals surface area contributed by atoms with Gasteiger partial charge in [-0.3, -0.25) is 4.79 Å². The second-order valence-corrected chi connectivity index (χ2v) is 5.84. The van der Waals surface area contributed by atoms with Crippen molar-refractivity contribution in [2.24, 2.45) is 0 Å². The molecule has 24 heavy (non-hydrogen) atoms. The SMILES string of the molecule is COc1cc2c(-c3ccc(Cl)cc3)nc(Cl)c(C=O)c2cc1OC. The van der Waals surface area contributed by atoms with Crippen molar-refractivity contribution in [1.29, 1.82) is 0 Å². The van der Waals surface area contributed by atoms with Crippen LogP contribution in [0, 0.1) is 0 Å². The Kier molecular flexibility index (Phi) is 4.60. The Bertz CT molecular complexity index is 924. The van der Waals surface area contributed by atoms with Crippen LogP contribution in [0.25, 0.3) is 22.0 Å². The van der Waals surface area contributed by atoms with Gasteiger partial charge in [0.05, 0.1) is 25.5 Å². The van der Waals surface area contributed by atoms with Gasteiger partial charge in [0.2, 0.25) is 0 Å². The highest BCUT2D eigenvalue weighted by molar-refractivity contribution is 6.34. The molecule has 0 saturated carbocycles. The van der Waals surface area contributed by atoms with Crippen molar-refractivity contribution in [3.05, 3.63) is 52.1 Å². The summed E-state index contributed by atoms with van der Waals surface area (Å²) in [6.07, 6.45) is 0.690. The molecule has 0 atom stereocenters. The molecule has 0 aliphatic rings. The van der Waals surface area contributed by atoms with E-state index in [4.69, 9.17) is 32.7 Å². The zero-order valence-corrected chi connectivity index (χ0v) is 14.5. The van der Waals surface area contributed by atoms with Crippen LogP contribution < -0.4 is 9.47 Å². The van der Waals surface area contributed by atoms with Crippen molar-refractivity contribution in [2.45, 2.75) is 0 Å². The zero-order valence-electron chi connectivity index (χ0n) is 13.0. The molecule has 1 aromatic heterocycles. The van der Waals surface area contributed by atoms with Gasteiger partial charge in [-0.15, -0.1) is 0 Å². The van der Waals surface area contributed by atoms with Gasteiger partial charge in [-0.1, -0.05) is 35.3 Å². The number of pyridine rings is 1. The van der Waals surface area contributed by atoms with Crippen LogP contribution in [-0.4, -0.2) is 25.5 Å². The maximum Gasteiger partial charge on any atom is 0.161 e. The van der Waals surface area contributed by atoms with E-state index in [1.165, 1.54) is 7.11 Å². The first-order valence-electron chi connectivity index (χ1n) is 7.05. The van der Waals surface area contributed by atoms with Crippen molar-refractivity contribution >= 4 is 40.3 Å². The van der Waals surface area contributed by atoms with Gasteiger partial charge in [-0.25, -0.2) is 4.98 Å². The molecule has 2 aromatic carbocycles. The van der Waals surface area contributed by atoms with Crippen LogP contribution in [0.1, 0.15) is 10.4 Å². The van der Waals surface area contributed by atoms with E-state index in [0.29, 0.717) is 39.5 Å². The molecule has 1 heterocycles. The molecule has 0 radical (unpaired) electrons. The molecule has 3 rings (SSSR count). The highest BCUT2D eigenvalue weighted by Gasteiger charge is 2.17. The van der Waals surface area contributed by atoms with E-state index in [1.54, 1.807) is 31.4 Å². The molecule has 0 aliphatic heterocycles. The summed E-state index contributed by atoms with van der Waals surface area (Å²) < 4.78 is 10.7. The molecule has 3 aromatic rings. The Morgan fingerprint density at radius 2 is 1.54 bits per heavy atom. The van der Waals surface area contributed by atoms with Crippen molar-refractivity contribution in [1.82, 2.24) is 4.98 Å². The Hall–Kier alpha value is -2.30. The second kappa shape index (κ2) is 6.67. The fourth-order valence-corrected chi connectivity index (χ4v) is 2.92. The normalized spacial score (nSPS) is 10.7. The summed E-state index contributed by atoms with van der Waals surface area (Å²) in [5, 5.41) is 2.14. The smallest absolute Gasteiger partial charge is 0.161 e. The lowest BCUT2D eigenvalue weighted by molar-refractivity contribution is 0.112. The molecule has 4 nitrogen and oxygen atoms in total. The van der Waals surface area contributed by atoms with E-state index in [0.717, 1.165) is 10.9 Å². The first-order valence-corrected chi connectivity index (χ1v) is 7.81. The number of nitrogens with zero attached hydrogens (tertiary/aromatic N) is 1. The largest absolute Gasteiger partial charge is 0.493 e. The Balaban J connectivity index is 2.41. The summed E-state index contributed by atoms with van der Waals surface area (Å²) in [7, 11) is 3.09. The fraction of sp³-hybridized carbons (Fsp3) is 0.111. The van der Waals surface area contributed by atoms with E-state index in [9.17, 15) is 4.79 Å². The van der Waals surface area contributed by atoms with E-state index < -0.39 is 0 Å². The highest BCUT2D eigenvalue weighted by Crippen LogP contribution is 2.39. The van der Waals surface area contributed by atoms with E-state index in [2.05, 4.69) is 4.98 Å². The maximum atomic E-state index is 11.5. The van der Waals surface area contributed by atoms with Crippen LogP contribution >= 0.6 is 23.2 Å². The number of hydrogen-bond acceptors (Lipinski definition) is 4. The Labute approximate surface area is 148 Å². The minimum Gasteiger partial charge on any atom is -0.493 e. The molecular formula is C18H13Cl2NO3. The number of aldehydes is 1. The summed E-state index contributed by atoms with van der Waals surface area (Å²) in [4.78, 5) is 15.9. The number of hydrogen-bond donors (Lipinski definition) is 0. The number of carbonyl (C=O) groups is 1. The van der Waals surface area contributed by atoms with Crippen molar-refractivity contribution in [3.8, 4) is 22.8 Å². The van der Waals surface area contributed by atoms with E-state index >= 15 is 0 Å². The predicted molar refractivity (Wildman–Crippen MR) is 95.7 cm³/mol. The first-order chi connectivity index (χ1) is 11.6. The van der Waals surface area contributed by atoms with Gasteiger partial charge in [0.25, 0.3) is 0 Å². The zero-order chi connectivity index (χ0) is 17.3. The quantitative estimate of drug-likeness (QED) is 0.482. The maximum absolute atomic E-state index is 11.5. The van der Waals surface area contributed by atoms with Crippen molar-refractivity contribution in [2.75, 3.05) is 14.2 Å². The predicted octanol–water partition coefficient (Wildman–Crippen LogP) is 5.04. The fourth-order valence-electron chi connectivity index (χ4n) is 2.57. The monoisotopic (exact) mass is 361 g/mol. The lowest BCUT2D eigenvalue weighted by Crippen LogP contribution is -1.97. The molecule has 0 N–H and O–H groups in total. The van der Waals surface area contributed by atoms with Crippen LogP contribution in [0.4, 0.5) is 0 Å². The Morgan fingerprint density at radius 1 is 0.958 bits per heavy atom. The Morgan fingerprint density at radius 3 is 2.08 bits per heavy atom. The second-order valence-electron chi connectivity index (χ2n) is 5.04. The van der Waals surface area contributed by atoms with Gasteiger partial charge in [0.15, 0.2) is 17.8 Å². The van der Waals surface area contributed by atoms with Crippen LogP contribution in [0.3, 0.4) is 0 Å². The average molecular weight is 362 g/mol. The lowest BCUT2D eigenvalue weighted by Gasteiger charge is -2.14. The third-order valence-corrected chi connectivity index (χ3v) is 4.28. The van der Waals surface area contributed by atoms with Crippen molar-refractivity contribution < 1.29 is 14.3 Å². The average Bonchev–Trinajstić information content (AvgIpc) is 2.60. The number of halogens is 2. The van der Waals surface area contributed by atoms with Gasteiger partial charge in [-0.2, -0.15) is 0 Å². The van der Waals surface area contributed by atoms with Crippen molar-refractivity contribution in [3.63, 3.8) is 0 Å². The number of carbonyl (C=O) groups excluding carboxylic acids is 1. The summed E-state index contributed by atoms with van der Waals surface area (Å²) in [5.74, 6) is 1.05. The third-order valence-electron chi connectivity index (χ3n) is 3.74. The molecule has 0 saturated heterocycles. The molecule has 0 bridgehead atoms. The minimum absolute atomic E-state index is 0.134. The number of aromatic nitrogens is 1. The molecular weight excluding hydrogens is 349 g/mol. The number of rotatable bonds is 4. The topological polar surface area (TPSA) is 48.4 Å². The van der Waals surface area contributed by atoms with Gasteiger partial charge >= 0.3 is 0 Å². The van der Waals surface area contributed by atoms with E-state index in [-0.39, 0.29) is 5.15 Å². The number of benzene rings is 2. The molecule has 0 spiro atoms. The van der Waals surface area contributed by atoms with Gasteiger partial charge in [0, 0.05) is 21.4 Å². The molecule has 6 heteroatoms. The molecule has 0 amide bonds. The van der Waals surface area contributed by atoms with E-state index in [1.807, 2.05) is 12.1 Å². The number of fused-ring (bicyclic) bond motifs is 1. The molecule has 0 unspecified atom stereocenters. The highest BCUT2D eigenvalue weighted by atomic mass is 35.5. The third kappa shape index (κ3) is 2.79. The number of methoxy groups -OCH3 is 2. The van der Waals surface area contributed by atoms with Crippen LogP contribution in [0.5, 0.6) is 11.5 Å².